The van der Waals surface area contributed by atoms with Gasteiger partial charge in [-0.05, 0) is 13.0 Å². The van der Waals surface area contributed by atoms with Gasteiger partial charge in [-0.2, -0.15) is 0 Å². The highest BCUT2D eigenvalue weighted by atomic mass is 14.8. The number of aromatic nitrogens is 2. The Bertz CT molecular complexity index is 382. The molecule has 0 aliphatic rings. The molecule has 1 heterocycles. The minimum absolute atomic E-state index is 1.02. The van der Waals surface area contributed by atoms with Crippen molar-refractivity contribution in [3.63, 3.8) is 0 Å². The summed E-state index contributed by atoms with van der Waals surface area (Å²) in [7, 11) is 0. The van der Waals surface area contributed by atoms with Gasteiger partial charge in [0.1, 0.15) is 11.2 Å². The lowest BCUT2D eigenvalue weighted by atomic mass is 10.3. The molecule has 1 N–H and O–H groups in total. The molecule has 1 aromatic carbocycles. The van der Waals surface area contributed by atoms with Crippen molar-refractivity contribution < 1.29 is 4.98 Å². The molecular formula is C9H9N2+. The van der Waals surface area contributed by atoms with Crippen molar-refractivity contribution >= 4 is 11.0 Å². The van der Waals surface area contributed by atoms with Crippen LogP contribution in [0.5, 0.6) is 0 Å². The van der Waals surface area contributed by atoms with Crippen molar-refractivity contribution in [1.82, 2.24) is 4.98 Å². The van der Waals surface area contributed by atoms with Crippen LogP contribution in [-0.4, -0.2) is 4.98 Å². The van der Waals surface area contributed by atoms with E-state index < -0.39 is 0 Å². The Morgan fingerprint density at radius 3 is 3.00 bits per heavy atom. The van der Waals surface area contributed by atoms with Gasteiger partial charge in [0, 0.05) is 6.07 Å². The van der Waals surface area contributed by atoms with Crippen LogP contribution in [0.25, 0.3) is 11.0 Å². The van der Waals surface area contributed by atoms with Crippen molar-refractivity contribution in [2.45, 2.75) is 6.92 Å². The van der Waals surface area contributed by atoms with Crippen LogP contribution in [0, 0.1) is 6.92 Å². The number of hydrogen-bond acceptors (Lipinski definition) is 1. The number of hydrogen-bond donors (Lipinski definition) is 0. The minimum atomic E-state index is 1.02. The van der Waals surface area contributed by atoms with Gasteiger partial charge in [0.2, 0.25) is 5.52 Å². The summed E-state index contributed by atoms with van der Waals surface area (Å²) in [4.78, 5) is 7.50. The largest absolute Gasteiger partial charge is 0.241 e. The smallest absolute Gasteiger partial charge is 0.229 e. The molecule has 0 saturated heterocycles. The third-order valence-electron chi connectivity index (χ3n) is 1.64. The number of H-pyrrole nitrogens is 1. The molecular weight excluding hydrogens is 136 g/mol. The first-order valence-electron chi connectivity index (χ1n) is 3.60. The fourth-order valence-corrected chi connectivity index (χ4v) is 1.10. The summed E-state index contributed by atoms with van der Waals surface area (Å²) in [5.41, 5.74) is 3.12. The molecule has 1 aromatic heterocycles. The van der Waals surface area contributed by atoms with Gasteiger partial charge >= 0.3 is 0 Å². The first kappa shape index (κ1) is 6.28. The number of aromatic amines is 1. The Morgan fingerprint density at radius 1 is 1.27 bits per heavy atom. The predicted octanol–water partition coefficient (Wildman–Crippen LogP) is 1.36. The van der Waals surface area contributed by atoms with Crippen LogP contribution in [0.4, 0.5) is 0 Å². The summed E-state index contributed by atoms with van der Waals surface area (Å²) < 4.78 is 0. The molecule has 0 saturated carbocycles. The Hall–Kier alpha value is -1.44. The van der Waals surface area contributed by atoms with Gasteiger partial charge in [-0.15, -0.1) is 0 Å². The van der Waals surface area contributed by atoms with E-state index in [0.29, 0.717) is 0 Å². The zero-order chi connectivity index (χ0) is 7.68. The first-order chi connectivity index (χ1) is 5.36. The van der Waals surface area contributed by atoms with Crippen molar-refractivity contribution in [2.75, 3.05) is 0 Å². The number of fused-ring (bicyclic) bond motifs is 1. The lowest BCUT2D eigenvalue weighted by Gasteiger charge is -1.89. The minimum Gasteiger partial charge on any atom is -0.241 e. The molecule has 2 aromatic rings. The van der Waals surface area contributed by atoms with E-state index in [4.69, 9.17) is 0 Å². The van der Waals surface area contributed by atoms with Crippen molar-refractivity contribution in [2.24, 2.45) is 0 Å². The number of para-hydroxylation sites is 2. The van der Waals surface area contributed by atoms with E-state index in [-0.39, 0.29) is 0 Å². The third kappa shape index (κ3) is 1.07. The van der Waals surface area contributed by atoms with Gasteiger partial charge in [-0.3, -0.25) is 0 Å². The SMILES string of the molecule is Cc1c[nH+]c2ccccc2n1. The molecule has 0 aliphatic carbocycles. The lowest BCUT2D eigenvalue weighted by molar-refractivity contribution is -0.346. The van der Waals surface area contributed by atoms with Crippen LogP contribution in [0.15, 0.2) is 30.5 Å². The number of rotatable bonds is 0. The van der Waals surface area contributed by atoms with Crippen molar-refractivity contribution in [1.29, 1.82) is 0 Å². The number of nitrogens with one attached hydrogen (secondary N) is 1. The molecule has 0 radical (unpaired) electrons. The quantitative estimate of drug-likeness (QED) is 0.549. The Labute approximate surface area is 64.9 Å². The van der Waals surface area contributed by atoms with E-state index in [1.807, 2.05) is 37.4 Å². The maximum atomic E-state index is 4.34. The number of nitrogens with zero attached hydrogens (tertiary/aromatic N) is 1. The number of benzene rings is 1. The van der Waals surface area contributed by atoms with Gasteiger partial charge in [-0.25, -0.2) is 9.97 Å². The zero-order valence-electron chi connectivity index (χ0n) is 6.33. The molecule has 54 valence electrons. The van der Waals surface area contributed by atoms with Crippen molar-refractivity contribution in [3.05, 3.63) is 36.2 Å². The molecule has 0 aliphatic heterocycles. The average molecular weight is 145 g/mol. The Balaban J connectivity index is 2.83. The molecule has 0 atom stereocenters. The van der Waals surface area contributed by atoms with Crippen LogP contribution in [0.2, 0.25) is 0 Å². The molecule has 0 bridgehead atoms. The summed E-state index contributed by atoms with van der Waals surface area (Å²) in [5.74, 6) is 0. The molecule has 0 unspecified atom stereocenters. The highest BCUT2D eigenvalue weighted by Gasteiger charge is 1.98. The van der Waals surface area contributed by atoms with Gasteiger partial charge in [0.15, 0.2) is 6.20 Å². The molecule has 2 rings (SSSR count). The topological polar surface area (TPSA) is 27.0 Å². The average Bonchev–Trinajstić information content (AvgIpc) is 2.04. The second-order valence-electron chi connectivity index (χ2n) is 2.56. The third-order valence-corrected chi connectivity index (χ3v) is 1.64. The fourth-order valence-electron chi connectivity index (χ4n) is 1.10. The maximum absolute atomic E-state index is 4.34. The highest BCUT2D eigenvalue weighted by Crippen LogP contribution is 2.03. The summed E-state index contributed by atoms with van der Waals surface area (Å²) in [6, 6.07) is 8.00. The van der Waals surface area contributed by atoms with E-state index >= 15 is 0 Å². The molecule has 0 fully saturated rings. The van der Waals surface area contributed by atoms with E-state index in [0.717, 1.165) is 16.7 Å². The summed E-state index contributed by atoms with van der Waals surface area (Å²) in [6.45, 7) is 1.98. The monoisotopic (exact) mass is 145 g/mol. The van der Waals surface area contributed by atoms with Crippen molar-refractivity contribution in [3.8, 4) is 0 Å². The second kappa shape index (κ2) is 2.31. The zero-order valence-corrected chi connectivity index (χ0v) is 6.33. The van der Waals surface area contributed by atoms with Crippen LogP contribution in [0.1, 0.15) is 5.69 Å². The predicted molar refractivity (Wildman–Crippen MR) is 43.0 cm³/mol. The number of aryl methyl sites for hydroxylation is 1. The molecule has 0 amide bonds. The summed E-state index contributed by atoms with van der Waals surface area (Å²) in [6.07, 6.45) is 1.91. The molecule has 0 spiro atoms. The molecule has 2 heteroatoms. The highest BCUT2D eigenvalue weighted by molar-refractivity contribution is 5.69. The van der Waals surface area contributed by atoms with Gasteiger partial charge in [-0.1, -0.05) is 12.1 Å². The molecule has 11 heavy (non-hydrogen) atoms. The van der Waals surface area contributed by atoms with E-state index in [1.54, 1.807) is 0 Å². The first-order valence-corrected chi connectivity index (χ1v) is 3.60. The van der Waals surface area contributed by atoms with Gasteiger partial charge in [0.25, 0.3) is 0 Å². The summed E-state index contributed by atoms with van der Waals surface area (Å²) in [5, 5.41) is 0. The molecule has 2 nitrogen and oxygen atoms in total. The Morgan fingerprint density at radius 2 is 2.09 bits per heavy atom. The lowest BCUT2D eigenvalue weighted by Crippen LogP contribution is -2.04. The Kier molecular flexibility index (Phi) is 1.32. The van der Waals surface area contributed by atoms with Crippen LogP contribution < -0.4 is 4.98 Å². The second-order valence-corrected chi connectivity index (χ2v) is 2.56. The normalized spacial score (nSPS) is 10.3. The van der Waals surface area contributed by atoms with E-state index in [2.05, 4.69) is 9.97 Å². The van der Waals surface area contributed by atoms with E-state index in [9.17, 15) is 0 Å². The van der Waals surface area contributed by atoms with Gasteiger partial charge < -0.3 is 0 Å². The van der Waals surface area contributed by atoms with Crippen LogP contribution >= 0.6 is 0 Å². The summed E-state index contributed by atoms with van der Waals surface area (Å²) >= 11 is 0. The van der Waals surface area contributed by atoms with Crippen LogP contribution in [-0.2, 0) is 0 Å². The fraction of sp³-hybridized carbons (Fsp3) is 0.111. The van der Waals surface area contributed by atoms with Gasteiger partial charge in [0.05, 0.1) is 0 Å². The maximum Gasteiger partial charge on any atom is 0.229 e. The van der Waals surface area contributed by atoms with E-state index in [1.165, 1.54) is 0 Å². The van der Waals surface area contributed by atoms with Crippen LogP contribution in [0.3, 0.4) is 0 Å². The standard InChI is InChI=1S/C9H8N2/c1-7-6-10-8-4-2-3-5-9(8)11-7/h2-6H,1H3/p+1.